The van der Waals surface area contributed by atoms with Crippen LogP contribution in [0.2, 0.25) is 0 Å². The third kappa shape index (κ3) is 4.91. The van der Waals surface area contributed by atoms with Gasteiger partial charge in [0, 0.05) is 24.8 Å². The average Bonchev–Trinajstić information content (AvgIpc) is 1.82. The van der Waals surface area contributed by atoms with Crippen molar-refractivity contribution in [3.05, 3.63) is 0 Å². The molecule has 8 heteroatoms. The van der Waals surface area contributed by atoms with E-state index < -0.39 is 36.4 Å². The molecular formula is C6H5O7Re. The van der Waals surface area contributed by atoms with Gasteiger partial charge in [0.15, 0.2) is 0 Å². The van der Waals surface area contributed by atoms with E-state index in [1.165, 1.54) is 0 Å². The molecule has 0 amide bonds. The molecule has 0 rings (SSSR count). The second kappa shape index (κ2) is 5.70. The van der Waals surface area contributed by atoms with Gasteiger partial charge < -0.3 is 34.8 Å². The van der Waals surface area contributed by atoms with Crippen molar-refractivity contribution >= 4 is 17.9 Å². The summed E-state index contributed by atoms with van der Waals surface area (Å²) >= 11 is 0. The van der Waals surface area contributed by atoms with Crippen LogP contribution in [0.25, 0.3) is 0 Å². The Hall–Kier alpha value is -0.968. The maximum atomic E-state index is 10.1. The molecule has 7 nitrogen and oxygen atoms in total. The van der Waals surface area contributed by atoms with E-state index in [-0.39, 0.29) is 20.4 Å². The zero-order valence-corrected chi connectivity index (χ0v) is 9.40. The van der Waals surface area contributed by atoms with Crippen molar-refractivity contribution < 1.29 is 55.2 Å². The average molecular weight is 375 g/mol. The predicted molar refractivity (Wildman–Crippen MR) is 29.2 cm³/mol. The van der Waals surface area contributed by atoms with Crippen LogP contribution in [0.15, 0.2) is 0 Å². The van der Waals surface area contributed by atoms with E-state index in [2.05, 4.69) is 0 Å². The summed E-state index contributed by atoms with van der Waals surface area (Å²) in [6.07, 6.45) is -2.72. The van der Waals surface area contributed by atoms with Gasteiger partial charge in [-0.2, -0.15) is 0 Å². The van der Waals surface area contributed by atoms with E-state index in [0.717, 1.165) is 0 Å². The number of aliphatic carboxylic acids is 3. The first-order valence-electron chi connectivity index (χ1n) is 3.11. The van der Waals surface area contributed by atoms with Crippen molar-refractivity contribution in [2.24, 2.45) is 0 Å². The minimum absolute atomic E-state index is 0. The molecule has 0 saturated heterocycles. The van der Waals surface area contributed by atoms with Gasteiger partial charge in [-0.1, -0.05) is 0 Å². The fourth-order valence-corrected chi connectivity index (χ4v) is 0.684. The molecule has 0 saturated carbocycles. The van der Waals surface area contributed by atoms with Gasteiger partial charge in [0.25, 0.3) is 0 Å². The molecule has 0 aliphatic rings. The predicted octanol–water partition coefficient (Wildman–Crippen LogP) is -5.26. The minimum Gasteiger partial charge on any atom is -0.550 e. The van der Waals surface area contributed by atoms with E-state index in [9.17, 15) is 29.7 Å². The molecule has 0 spiro atoms. The van der Waals surface area contributed by atoms with Gasteiger partial charge in [-0.15, -0.1) is 0 Å². The fraction of sp³-hybridized carbons (Fsp3) is 0.500. The third-order valence-corrected chi connectivity index (χ3v) is 1.25. The first kappa shape index (κ1) is 15.5. The Morgan fingerprint density at radius 1 is 1.00 bits per heavy atom. The summed E-state index contributed by atoms with van der Waals surface area (Å²) < 4.78 is 0. The van der Waals surface area contributed by atoms with Crippen molar-refractivity contribution in [3.8, 4) is 0 Å². The Balaban J connectivity index is 0. The summed E-state index contributed by atoms with van der Waals surface area (Å²) in [5.41, 5.74) is -2.97. The van der Waals surface area contributed by atoms with Gasteiger partial charge in [0.2, 0.25) is 0 Å². The third-order valence-electron chi connectivity index (χ3n) is 1.25. The van der Waals surface area contributed by atoms with Gasteiger partial charge >= 0.3 is 20.4 Å². The Morgan fingerprint density at radius 3 is 1.43 bits per heavy atom. The van der Waals surface area contributed by atoms with Gasteiger partial charge in [-0.3, -0.25) is 0 Å². The smallest absolute Gasteiger partial charge is 0.550 e. The van der Waals surface area contributed by atoms with Crippen molar-refractivity contribution in [1.82, 2.24) is 0 Å². The van der Waals surface area contributed by atoms with E-state index in [0.29, 0.717) is 0 Å². The molecule has 0 aromatic rings. The SMILES string of the molecule is O=C([O-])CC(O)(CC(=O)[O-])C(=O)[O-].[Re+3]. The Kier molecular flexibility index (Phi) is 6.31. The zero-order valence-electron chi connectivity index (χ0n) is 6.69. The van der Waals surface area contributed by atoms with Gasteiger partial charge in [0.1, 0.15) is 5.60 Å². The van der Waals surface area contributed by atoms with Crippen molar-refractivity contribution in [2.75, 3.05) is 0 Å². The molecule has 0 aromatic heterocycles. The first-order chi connectivity index (χ1) is 5.78. The van der Waals surface area contributed by atoms with E-state index >= 15 is 0 Å². The summed E-state index contributed by atoms with van der Waals surface area (Å²) in [5, 5.41) is 38.9. The molecule has 0 radical (unpaired) electrons. The summed E-state index contributed by atoms with van der Waals surface area (Å²) in [6.45, 7) is 0. The van der Waals surface area contributed by atoms with E-state index in [1.807, 2.05) is 0 Å². The minimum atomic E-state index is -2.97. The molecule has 0 bridgehead atoms. The van der Waals surface area contributed by atoms with Gasteiger partial charge in [-0.05, 0) is 0 Å². The normalized spacial score (nSPS) is 10.1. The van der Waals surface area contributed by atoms with E-state index in [1.54, 1.807) is 0 Å². The van der Waals surface area contributed by atoms with Crippen molar-refractivity contribution in [3.63, 3.8) is 0 Å². The molecule has 0 atom stereocenters. The Labute approximate surface area is 92.0 Å². The number of hydrogen-bond acceptors (Lipinski definition) is 7. The molecule has 1 N–H and O–H groups in total. The summed E-state index contributed by atoms with van der Waals surface area (Å²) in [4.78, 5) is 30.0. The molecular weight excluding hydrogens is 370 g/mol. The zero-order chi connectivity index (χ0) is 10.6. The van der Waals surface area contributed by atoms with Crippen LogP contribution in [-0.4, -0.2) is 28.6 Å². The number of carboxylic acids is 3. The topological polar surface area (TPSA) is 141 Å². The largest absolute Gasteiger partial charge is 3.00 e. The van der Waals surface area contributed by atoms with Crippen LogP contribution in [0.4, 0.5) is 0 Å². The molecule has 0 fully saturated rings. The number of carboxylic acid groups (broad SMARTS) is 3. The Bertz CT molecular complexity index is 233. The number of carbonyl (C=O) groups excluding carboxylic acids is 3. The quantitative estimate of drug-likeness (QED) is 0.506. The van der Waals surface area contributed by atoms with Crippen molar-refractivity contribution in [2.45, 2.75) is 18.4 Å². The molecule has 14 heavy (non-hydrogen) atoms. The Morgan fingerprint density at radius 2 is 1.29 bits per heavy atom. The summed E-state index contributed by atoms with van der Waals surface area (Å²) in [5.74, 6) is -5.98. The maximum absolute atomic E-state index is 10.1. The summed E-state index contributed by atoms with van der Waals surface area (Å²) in [6, 6.07) is 0. The second-order valence-corrected chi connectivity index (χ2v) is 2.42. The van der Waals surface area contributed by atoms with Crippen LogP contribution in [-0.2, 0) is 34.8 Å². The van der Waals surface area contributed by atoms with Crippen LogP contribution in [0, 0.1) is 0 Å². The number of aliphatic hydroxyl groups is 1. The van der Waals surface area contributed by atoms with Crippen LogP contribution < -0.4 is 15.3 Å². The maximum Gasteiger partial charge on any atom is 3.00 e. The van der Waals surface area contributed by atoms with Crippen LogP contribution in [0.3, 0.4) is 0 Å². The second-order valence-electron chi connectivity index (χ2n) is 2.42. The van der Waals surface area contributed by atoms with Crippen molar-refractivity contribution in [1.29, 1.82) is 0 Å². The van der Waals surface area contributed by atoms with Crippen LogP contribution in [0.1, 0.15) is 12.8 Å². The number of hydrogen-bond donors (Lipinski definition) is 1. The fourth-order valence-electron chi connectivity index (χ4n) is 0.684. The van der Waals surface area contributed by atoms with E-state index in [4.69, 9.17) is 5.11 Å². The molecule has 0 aromatic carbocycles. The molecule has 0 unspecified atom stereocenters. The standard InChI is InChI=1S/C6H8O7.Re/c7-3(8)1-6(13,5(11)12)2-4(9)10;/h13H,1-2H2,(H,7,8)(H,9,10)(H,11,12);/q;+3/p-3. The number of carbonyl (C=O) groups is 3. The monoisotopic (exact) mass is 376 g/mol. The summed E-state index contributed by atoms with van der Waals surface area (Å²) in [7, 11) is 0. The first-order valence-corrected chi connectivity index (χ1v) is 3.11. The molecule has 0 aliphatic heterocycles. The molecule has 78 valence electrons. The van der Waals surface area contributed by atoms with Gasteiger partial charge in [-0.25, -0.2) is 0 Å². The molecule has 0 heterocycles. The van der Waals surface area contributed by atoms with Gasteiger partial charge in [0.05, 0.1) is 5.97 Å². The van der Waals surface area contributed by atoms with Crippen LogP contribution in [0.5, 0.6) is 0 Å². The molecule has 0 aliphatic carbocycles. The number of rotatable bonds is 5. The van der Waals surface area contributed by atoms with Crippen LogP contribution >= 0.6 is 0 Å².